The Hall–Kier alpha value is -10.6. The van der Waals surface area contributed by atoms with E-state index in [-0.39, 0.29) is 53.6 Å². The number of amides is 7. The summed E-state index contributed by atoms with van der Waals surface area (Å²) in [5, 5.41) is 134. The molecule has 0 spiro atoms. The third-order valence-electron chi connectivity index (χ3n) is 21.3. The molecule has 6 aromatic rings. The summed E-state index contributed by atoms with van der Waals surface area (Å²) in [7, 11) is -2.66. The number of nitrogens with zero attached hydrogens (tertiary/aromatic N) is 1. The first-order chi connectivity index (χ1) is 57.7. The van der Waals surface area contributed by atoms with Gasteiger partial charge < -0.3 is 133 Å². The van der Waals surface area contributed by atoms with E-state index in [9.17, 15) is 73.9 Å². The molecular formula is C81H98Cl2N11O27S+. The largest absolute Gasteiger partial charge is 0.507 e. The molecule has 2 fully saturated rings. The standard InChI is InChI=1S/C81H97Cl2N11O27S/c1-8-9-10-23-115-41-14-16-42(17-15-41)122(113,114)87-22-21-86-33-45-51(97)30-44-59(67(45)101)43-25-37(11-18-50(43)96)60-75(107)93-64(78(110)91-62(44)79(111)112)66(100)39-13-20-53(47(83)27-39)118-55-29-40-28-54(70(55)121-80-71(69(103)68(102)56(34-95)119-80)120-58-32-81(5,85)72(104)36(4)116-58)117-52-19-12-38(26-46(52)82)65(99)63(92-74(106)49(94(6)7)24-35(2)3)77(109)88-48(31-57(84)98)73(105)89-61(40)76(108)90-60/h11-20,25-30,35-36,48-49,56,58,60-66,68-69,71-72,80,86-87,95,99-100,102-104H,6,8-10,21-24,31-34,85H2,1-5,7H3,(H11-,84,88,89,90,91,92,93,96,97,98,101,105,106,107,108,109,110,111,112)/p+1/t36?,48?,49?,56?,58?,60?,61?,62-,63?,64?,65?,66?,68?,69?,71?,72?,80?,81?/m0/s1. The molecule has 7 heterocycles. The Kier molecular flexibility index (Phi) is 29.3. The number of nitrogens with one attached hydrogen (secondary N) is 8. The summed E-state index contributed by atoms with van der Waals surface area (Å²) < 4.78 is 74.9. The fourth-order valence-corrected chi connectivity index (χ4v) is 16.2. The molecule has 7 aliphatic rings. The third-order valence-corrected chi connectivity index (χ3v) is 23.3. The van der Waals surface area contributed by atoms with Gasteiger partial charge in [-0.3, -0.25) is 33.6 Å². The Labute approximate surface area is 709 Å². The van der Waals surface area contributed by atoms with E-state index in [0.29, 0.717) is 12.4 Å². The summed E-state index contributed by atoms with van der Waals surface area (Å²) in [6.45, 7) is 10.9. The SMILES string of the molecule is C=[N+](C)C(CC(C)C)C(=O)NC1C(=O)NC(CC(N)=O)C(=O)NC2C(=O)NC3C(=O)NC(C(=O)N[C@H](C(=O)O)c4cc(O)c(CNCCNS(=O)(=O)c5ccc(OCCCCC)cc5)c(O)c4-c4cc3ccc4O)C(O)c3ccc(c(Cl)c3)Oc3cc2cc(c3OC2OC(CO)C(O)C(O)C2OC2CC(C)(N)C(O)C(C)O2)Oc2ccc(cc2Cl)C1O. The lowest BCUT2D eigenvalue weighted by atomic mass is 9.86. The predicted molar refractivity (Wildman–Crippen MR) is 432 cm³/mol. The number of primary amides is 1. The summed E-state index contributed by atoms with van der Waals surface area (Å²) in [6.07, 6.45) is -16.4. The molecule has 7 amide bonds. The number of sulfonamides is 1. The van der Waals surface area contributed by atoms with Gasteiger partial charge in [-0.05, 0) is 127 Å². The highest BCUT2D eigenvalue weighted by Crippen LogP contribution is 2.51. The molecule has 122 heavy (non-hydrogen) atoms. The molecule has 11 bridgehead atoms. The number of aliphatic carboxylic acids is 1. The number of unbranched alkanes of at least 4 members (excludes halogenated alkanes) is 2. The molecular weight excluding hydrogens is 1660 g/mol. The van der Waals surface area contributed by atoms with E-state index in [2.05, 4.69) is 48.7 Å². The zero-order chi connectivity index (χ0) is 88.8. The molecule has 17 unspecified atom stereocenters. The van der Waals surface area contributed by atoms with Crippen molar-refractivity contribution in [3.63, 3.8) is 0 Å². The lowest BCUT2D eigenvalue weighted by molar-refractivity contribution is -0.517. The zero-order valence-electron chi connectivity index (χ0n) is 66.8. The second-order valence-electron chi connectivity index (χ2n) is 31.0. The average molecular weight is 1760 g/mol. The van der Waals surface area contributed by atoms with Crippen LogP contribution in [0.5, 0.6) is 51.7 Å². The maximum absolute atomic E-state index is 16.4. The number of carbonyl (C=O) groups excluding carboxylic acids is 7. The summed E-state index contributed by atoms with van der Waals surface area (Å²) in [4.78, 5) is 119. The van der Waals surface area contributed by atoms with Crippen molar-refractivity contribution in [3.05, 3.63) is 140 Å². The van der Waals surface area contributed by atoms with Crippen molar-refractivity contribution in [3.8, 4) is 62.9 Å². The van der Waals surface area contributed by atoms with Gasteiger partial charge in [0.25, 0.3) is 5.91 Å². The number of aromatic hydroxyl groups is 3. The number of carboxylic acids is 1. The van der Waals surface area contributed by atoms with Crippen LogP contribution < -0.4 is 72.4 Å². The average Bonchev–Trinajstić information content (AvgIpc) is 0.750. The molecule has 41 heteroatoms. The zero-order valence-corrected chi connectivity index (χ0v) is 69.1. The van der Waals surface area contributed by atoms with Gasteiger partial charge in [-0.25, -0.2) is 22.5 Å². The summed E-state index contributed by atoms with van der Waals surface area (Å²) in [6, 6.07) is 3.37. The number of phenolic OH excluding ortho intramolecular Hbond substituents is 3. The Bertz CT molecular complexity index is 5090. The van der Waals surface area contributed by atoms with Crippen molar-refractivity contribution in [2.75, 3.05) is 33.4 Å². The number of hydrogen-bond donors (Lipinski definition) is 20. The molecule has 2 saturated heterocycles. The van der Waals surface area contributed by atoms with Crippen LogP contribution in [-0.2, 0) is 69.1 Å². The van der Waals surface area contributed by atoms with Crippen LogP contribution in [0.15, 0.2) is 102 Å². The molecule has 6 aromatic carbocycles. The number of rotatable bonds is 25. The predicted octanol–water partition coefficient (Wildman–Crippen LogP) is 1.87. The van der Waals surface area contributed by atoms with Crippen molar-refractivity contribution < 1.29 is 136 Å². The summed E-state index contributed by atoms with van der Waals surface area (Å²) >= 11 is 14.3. The first kappa shape index (κ1) is 92.1. The maximum atomic E-state index is 16.4. The van der Waals surface area contributed by atoms with Gasteiger partial charge in [0.15, 0.2) is 29.9 Å². The van der Waals surface area contributed by atoms with Gasteiger partial charge in [0, 0.05) is 54.7 Å². The van der Waals surface area contributed by atoms with Gasteiger partial charge in [0.05, 0.1) is 52.3 Å². The molecule has 7 aliphatic heterocycles. The highest BCUT2D eigenvalue weighted by atomic mass is 35.5. The molecule has 0 saturated carbocycles. The number of aliphatic hydroxyl groups is 6. The minimum absolute atomic E-state index is 0.102. The molecule has 18 atom stereocenters. The fraction of sp³-hybridized carbons (Fsp3) is 0.444. The number of likely N-dealkylation sites (N-methyl/N-ethyl adjacent to an activating group) is 1. The number of aliphatic hydroxyl groups excluding tert-OH is 6. The first-order valence-electron chi connectivity index (χ1n) is 39.0. The smallest absolute Gasteiger partial charge is 0.330 e. The second-order valence-corrected chi connectivity index (χ2v) is 33.6. The Morgan fingerprint density at radius 3 is 1.96 bits per heavy atom. The van der Waals surface area contributed by atoms with Crippen molar-refractivity contribution in [2.24, 2.45) is 17.4 Å². The fourth-order valence-electron chi connectivity index (χ4n) is 14.7. The highest BCUT2D eigenvalue weighted by Gasteiger charge is 2.52. The van der Waals surface area contributed by atoms with Gasteiger partial charge in [-0.1, -0.05) is 75.0 Å². The van der Waals surface area contributed by atoms with E-state index in [0.717, 1.165) is 79.9 Å². The number of hydrogen-bond acceptors (Lipinski definition) is 28. The summed E-state index contributed by atoms with van der Waals surface area (Å²) in [5.41, 5.74) is 7.17. The van der Waals surface area contributed by atoms with Gasteiger partial charge in [0.2, 0.25) is 63.5 Å². The van der Waals surface area contributed by atoms with Gasteiger partial charge >= 0.3 is 5.97 Å². The van der Waals surface area contributed by atoms with Gasteiger partial charge in [0.1, 0.15) is 109 Å². The molecule has 0 aromatic heterocycles. The Morgan fingerprint density at radius 2 is 1.36 bits per heavy atom. The quantitative estimate of drug-likeness (QED) is 0.0221. The molecule has 22 N–H and O–H groups in total. The lowest BCUT2D eigenvalue weighted by Crippen LogP contribution is -2.64. The number of benzene rings is 6. The van der Waals surface area contributed by atoms with E-state index in [1.807, 2.05) is 6.92 Å². The van der Waals surface area contributed by atoms with Crippen LogP contribution in [-0.4, -0.2) is 230 Å². The van der Waals surface area contributed by atoms with Crippen LogP contribution >= 0.6 is 23.2 Å². The van der Waals surface area contributed by atoms with Crippen LogP contribution in [0.1, 0.15) is 137 Å². The molecule has 13 rings (SSSR count). The molecule has 658 valence electrons. The van der Waals surface area contributed by atoms with Crippen molar-refractivity contribution in [1.29, 1.82) is 0 Å². The molecule has 0 radical (unpaired) electrons. The monoisotopic (exact) mass is 1760 g/mol. The van der Waals surface area contributed by atoms with Gasteiger partial charge in [-0.15, -0.1) is 0 Å². The first-order valence-corrected chi connectivity index (χ1v) is 41.2. The van der Waals surface area contributed by atoms with E-state index < -0.39 is 270 Å². The van der Waals surface area contributed by atoms with Crippen LogP contribution in [0.2, 0.25) is 10.0 Å². The minimum Gasteiger partial charge on any atom is -0.507 e. The topological polar surface area (TPSA) is 589 Å². The number of fused-ring (bicyclic) bond motifs is 15. The number of carbonyl (C=O) groups is 8. The van der Waals surface area contributed by atoms with Crippen molar-refractivity contribution in [2.45, 2.75) is 194 Å². The van der Waals surface area contributed by atoms with Crippen LogP contribution in [0.3, 0.4) is 0 Å². The normalized spacial score (nSPS) is 26.5. The minimum atomic E-state index is -4.14. The number of carboxylic acid groups (broad SMARTS) is 1. The maximum Gasteiger partial charge on any atom is 0.330 e. The van der Waals surface area contributed by atoms with E-state index >= 15 is 24.0 Å². The van der Waals surface area contributed by atoms with Crippen LogP contribution in [0.25, 0.3) is 11.1 Å². The highest BCUT2D eigenvalue weighted by molar-refractivity contribution is 7.89. The lowest BCUT2D eigenvalue weighted by Gasteiger charge is -2.47. The van der Waals surface area contributed by atoms with E-state index in [4.69, 9.17) is 67.8 Å². The molecule has 38 nitrogen and oxygen atoms in total. The van der Waals surface area contributed by atoms with Crippen molar-refractivity contribution >= 4 is 87.3 Å². The number of ether oxygens (including phenoxy) is 7. The number of phenols is 3. The van der Waals surface area contributed by atoms with Crippen LogP contribution in [0, 0.1) is 5.92 Å². The summed E-state index contributed by atoms with van der Waals surface area (Å²) in [5.74, 6) is -16.5. The van der Waals surface area contributed by atoms with Crippen LogP contribution in [0.4, 0.5) is 0 Å². The van der Waals surface area contributed by atoms with Gasteiger partial charge in [-0.2, -0.15) is 0 Å². The van der Waals surface area contributed by atoms with E-state index in [1.165, 1.54) is 61.9 Å². The van der Waals surface area contributed by atoms with Crippen molar-refractivity contribution in [1.82, 2.24) is 41.9 Å². The number of halogens is 2. The number of nitrogens with two attached hydrogens (primary N) is 2. The second kappa shape index (κ2) is 38.9. The Balaban J connectivity index is 1.09. The third kappa shape index (κ3) is 20.8. The Morgan fingerprint density at radius 1 is 0.738 bits per heavy atom. The molecule has 0 aliphatic carbocycles. The van der Waals surface area contributed by atoms with E-state index in [1.54, 1.807) is 13.8 Å².